The molecule has 2 N–H and O–H groups in total. The van der Waals surface area contributed by atoms with Gasteiger partial charge in [0.1, 0.15) is 11.6 Å². The lowest BCUT2D eigenvalue weighted by Crippen LogP contribution is -2.45. The quantitative estimate of drug-likeness (QED) is 0.901. The third-order valence-electron chi connectivity index (χ3n) is 3.96. The van der Waals surface area contributed by atoms with Gasteiger partial charge in [-0.2, -0.15) is 11.8 Å². The molecule has 0 aliphatic carbocycles. The predicted octanol–water partition coefficient (Wildman–Crippen LogP) is 3.07. The highest BCUT2D eigenvalue weighted by atomic mass is 32.2. The molecule has 3 rings (SSSR count). The summed E-state index contributed by atoms with van der Waals surface area (Å²) in [7, 11) is 0. The van der Waals surface area contributed by atoms with Crippen molar-refractivity contribution in [3.05, 3.63) is 48.0 Å². The number of rotatable bonds is 4. The maximum Gasteiger partial charge on any atom is 0.287 e. The van der Waals surface area contributed by atoms with Crippen molar-refractivity contribution < 1.29 is 18.7 Å². The fourth-order valence-corrected chi connectivity index (χ4v) is 3.74. The average Bonchev–Trinajstić information content (AvgIpc) is 3.04. The Bertz CT molecular complexity index is 677. The molecule has 4 nitrogen and oxygen atoms in total. The number of hydrogen-bond acceptors (Lipinski definition) is 4. The van der Waals surface area contributed by atoms with Gasteiger partial charge in [0.15, 0.2) is 5.76 Å². The summed E-state index contributed by atoms with van der Waals surface area (Å²) in [6.07, 6.45) is 1.36. The van der Waals surface area contributed by atoms with Gasteiger partial charge >= 0.3 is 0 Å². The van der Waals surface area contributed by atoms with Crippen molar-refractivity contribution in [2.45, 2.75) is 18.4 Å². The molecule has 23 heavy (non-hydrogen) atoms. The van der Waals surface area contributed by atoms with E-state index < -0.39 is 5.60 Å². The SMILES string of the molecule is O=C(NCC1(O)CCSCC1)c1ccc(-c2ccc(F)cc2)o1. The van der Waals surface area contributed by atoms with E-state index in [-0.39, 0.29) is 24.0 Å². The molecule has 2 aromatic rings. The summed E-state index contributed by atoms with van der Waals surface area (Å²) in [5, 5.41) is 13.1. The maximum atomic E-state index is 12.9. The summed E-state index contributed by atoms with van der Waals surface area (Å²) in [4.78, 5) is 12.1. The Morgan fingerprint density at radius 2 is 1.91 bits per heavy atom. The average molecular weight is 335 g/mol. The molecule has 0 saturated carbocycles. The Labute approximate surface area is 138 Å². The molecule has 0 atom stereocenters. The topological polar surface area (TPSA) is 62.5 Å². The highest BCUT2D eigenvalue weighted by molar-refractivity contribution is 7.99. The number of hydrogen-bond donors (Lipinski definition) is 2. The van der Waals surface area contributed by atoms with Crippen LogP contribution in [0.25, 0.3) is 11.3 Å². The lowest BCUT2D eigenvalue weighted by molar-refractivity contribution is 0.0307. The van der Waals surface area contributed by atoms with E-state index in [1.54, 1.807) is 24.3 Å². The highest BCUT2D eigenvalue weighted by Crippen LogP contribution is 2.26. The van der Waals surface area contributed by atoms with Crippen LogP contribution in [0.15, 0.2) is 40.8 Å². The van der Waals surface area contributed by atoms with Crippen molar-refractivity contribution in [1.29, 1.82) is 0 Å². The van der Waals surface area contributed by atoms with Crippen LogP contribution >= 0.6 is 11.8 Å². The lowest BCUT2D eigenvalue weighted by Gasteiger charge is -2.31. The van der Waals surface area contributed by atoms with Gasteiger partial charge in [-0.3, -0.25) is 4.79 Å². The molecule has 1 aliphatic heterocycles. The van der Waals surface area contributed by atoms with Crippen molar-refractivity contribution >= 4 is 17.7 Å². The maximum absolute atomic E-state index is 12.9. The van der Waals surface area contributed by atoms with E-state index in [2.05, 4.69) is 5.32 Å². The van der Waals surface area contributed by atoms with Gasteiger partial charge in [-0.15, -0.1) is 0 Å². The van der Waals surface area contributed by atoms with E-state index >= 15 is 0 Å². The normalized spacial score (nSPS) is 17.0. The van der Waals surface area contributed by atoms with E-state index in [0.717, 1.165) is 11.5 Å². The second-order valence-electron chi connectivity index (χ2n) is 5.69. The van der Waals surface area contributed by atoms with Gasteiger partial charge in [0.05, 0.1) is 5.60 Å². The third-order valence-corrected chi connectivity index (χ3v) is 4.95. The monoisotopic (exact) mass is 335 g/mol. The molecule has 2 heterocycles. The fraction of sp³-hybridized carbons (Fsp3) is 0.353. The standard InChI is InChI=1S/C17H18FNO3S/c18-13-3-1-12(2-4-13)14-5-6-15(22-14)16(20)19-11-17(21)7-9-23-10-8-17/h1-6,21H,7-11H2,(H,19,20). The molecule has 0 spiro atoms. The van der Waals surface area contributed by atoms with Crippen molar-refractivity contribution in [2.24, 2.45) is 0 Å². The van der Waals surface area contributed by atoms with E-state index in [0.29, 0.717) is 24.2 Å². The number of halogens is 1. The van der Waals surface area contributed by atoms with Crippen LogP contribution < -0.4 is 5.32 Å². The van der Waals surface area contributed by atoms with Crippen LogP contribution in [0.2, 0.25) is 0 Å². The largest absolute Gasteiger partial charge is 0.451 e. The van der Waals surface area contributed by atoms with E-state index in [9.17, 15) is 14.3 Å². The molecule has 6 heteroatoms. The molecule has 0 radical (unpaired) electrons. The van der Waals surface area contributed by atoms with Crippen molar-refractivity contribution in [2.75, 3.05) is 18.1 Å². The van der Waals surface area contributed by atoms with Crippen molar-refractivity contribution in [3.8, 4) is 11.3 Å². The summed E-state index contributed by atoms with van der Waals surface area (Å²) in [6, 6.07) is 9.13. The first-order valence-electron chi connectivity index (χ1n) is 7.50. The van der Waals surface area contributed by atoms with E-state index in [4.69, 9.17) is 4.42 Å². The minimum absolute atomic E-state index is 0.179. The van der Waals surface area contributed by atoms with Gasteiger partial charge < -0.3 is 14.8 Å². The van der Waals surface area contributed by atoms with E-state index in [1.807, 2.05) is 11.8 Å². The van der Waals surface area contributed by atoms with Gasteiger partial charge in [-0.25, -0.2) is 4.39 Å². The van der Waals surface area contributed by atoms with E-state index in [1.165, 1.54) is 12.1 Å². The molecule has 1 aliphatic rings. The Hall–Kier alpha value is -1.79. The number of carbonyl (C=O) groups is 1. The lowest BCUT2D eigenvalue weighted by atomic mass is 9.97. The smallest absolute Gasteiger partial charge is 0.287 e. The van der Waals surface area contributed by atoms with Crippen LogP contribution in [0.3, 0.4) is 0 Å². The summed E-state index contributed by atoms with van der Waals surface area (Å²) >= 11 is 1.81. The summed E-state index contributed by atoms with van der Waals surface area (Å²) < 4.78 is 18.5. The Kier molecular flexibility index (Phi) is 4.73. The van der Waals surface area contributed by atoms with Gasteiger partial charge in [0, 0.05) is 12.1 Å². The van der Waals surface area contributed by atoms with Gasteiger partial charge in [0.2, 0.25) is 0 Å². The Balaban J connectivity index is 1.63. The zero-order valence-electron chi connectivity index (χ0n) is 12.5. The first-order valence-corrected chi connectivity index (χ1v) is 8.65. The van der Waals surface area contributed by atoms with Crippen molar-refractivity contribution in [1.82, 2.24) is 5.32 Å². The number of furan rings is 1. The molecule has 0 unspecified atom stereocenters. The molecule has 1 fully saturated rings. The van der Waals surface area contributed by atoms with Crippen LogP contribution in [0, 0.1) is 5.82 Å². The van der Waals surface area contributed by atoms with Crippen LogP contribution in [0.1, 0.15) is 23.4 Å². The third kappa shape index (κ3) is 3.95. The van der Waals surface area contributed by atoms with Gasteiger partial charge in [-0.05, 0) is 60.7 Å². The minimum atomic E-state index is -0.826. The van der Waals surface area contributed by atoms with Gasteiger partial charge in [0.25, 0.3) is 5.91 Å². The molecular formula is C17H18FNO3S. The number of amides is 1. The minimum Gasteiger partial charge on any atom is -0.451 e. The molecule has 122 valence electrons. The molecule has 1 aromatic heterocycles. The van der Waals surface area contributed by atoms with Crippen LogP contribution in [-0.2, 0) is 0 Å². The first kappa shape index (κ1) is 16.1. The molecule has 1 amide bonds. The Morgan fingerprint density at radius 1 is 1.22 bits per heavy atom. The van der Waals surface area contributed by atoms with Crippen LogP contribution in [0.5, 0.6) is 0 Å². The zero-order chi connectivity index (χ0) is 16.3. The Morgan fingerprint density at radius 3 is 2.61 bits per heavy atom. The summed E-state index contributed by atoms with van der Waals surface area (Å²) in [6.45, 7) is 0.221. The number of thioether (sulfide) groups is 1. The highest BCUT2D eigenvalue weighted by Gasteiger charge is 2.30. The number of carbonyl (C=O) groups excluding carboxylic acids is 1. The first-order chi connectivity index (χ1) is 11.1. The second-order valence-corrected chi connectivity index (χ2v) is 6.91. The van der Waals surface area contributed by atoms with Crippen LogP contribution in [0.4, 0.5) is 4.39 Å². The number of benzene rings is 1. The van der Waals surface area contributed by atoms with Crippen LogP contribution in [-0.4, -0.2) is 34.7 Å². The summed E-state index contributed by atoms with van der Waals surface area (Å²) in [5.74, 6) is 1.81. The molecule has 1 saturated heterocycles. The van der Waals surface area contributed by atoms with Gasteiger partial charge in [-0.1, -0.05) is 0 Å². The predicted molar refractivity (Wildman–Crippen MR) is 87.9 cm³/mol. The molecular weight excluding hydrogens is 317 g/mol. The fourth-order valence-electron chi connectivity index (χ4n) is 2.49. The number of aliphatic hydroxyl groups is 1. The van der Waals surface area contributed by atoms with Crippen molar-refractivity contribution in [3.63, 3.8) is 0 Å². The molecule has 1 aromatic carbocycles. The molecule has 0 bridgehead atoms. The second kappa shape index (κ2) is 6.76. The number of nitrogens with one attached hydrogen (secondary N) is 1. The summed E-state index contributed by atoms with van der Waals surface area (Å²) in [5.41, 5.74) is -0.124. The zero-order valence-corrected chi connectivity index (χ0v) is 13.4.